The average molecular weight is 230 g/mol. The second kappa shape index (κ2) is 4.08. The summed E-state index contributed by atoms with van der Waals surface area (Å²) >= 11 is 0. The van der Waals surface area contributed by atoms with E-state index in [0.717, 1.165) is 37.5 Å². The standard InChI is InChI=1S/C14H18N2O/c1-11-5-8-16(17-11)14-4-3-12-6-7-15(2)10-13(12)9-14/h3-5,9H,6-8,10H2,1-2H3. The number of hydrogen-bond donors (Lipinski definition) is 0. The fraction of sp³-hybridized carbons (Fsp3) is 0.429. The van der Waals surface area contributed by atoms with Crippen LogP contribution in [0.15, 0.2) is 30.0 Å². The number of fused-ring (bicyclic) bond motifs is 1. The van der Waals surface area contributed by atoms with Gasteiger partial charge >= 0.3 is 0 Å². The predicted octanol–water partition coefficient (Wildman–Crippen LogP) is 2.33. The van der Waals surface area contributed by atoms with Gasteiger partial charge in [0.1, 0.15) is 5.76 Å². The largest absolute Gasteiger partial charge is 0.384 e. The van der Waals surface area contributed by atoms with Crippen molar-refractivity contribution in [3.05, 3.63) is 41.2 Å². The number of hydrogen-bond acceptors (Lipinski definition) is 3. The zero-order valence-corrected chi connectivity index (χ0v) is 10.4. The molecule has 0 saturated heterocycles. The first kappa shape index (κ1) is 10.7. The Morgan fingerprint density at radius 2 is 2.12 bits per heavy atom. The van der Waals surface area contributed by atoms with Crippen molar-refractivity contribution in [3.8, 4) is 0 Å². The van der Waals surface area contributed by atoms with Gasteiger partial charge < -0.3 is 9.74 Å². The van der Waals surface area contributed by atoms with Crippen LogP contribution >= 0.6 is 0 Å². The highest BCUT2D eigenvalue weighted by atomic mass is 16.7. The maximum atomic E-state index is 5.65. The molecule has 0 spiro atoms. The van der Waals surface area contributed by atoms with Crippen molar-refractivity contribution in [2.24, 2.45) is 0 Å². The summed E-state index contributed by atoms with van der Waals surface area (Å²) in [5.41, 5.74) is 4.08. The Morgan fingerprint density at radius 1 is 1.24 bits per heavy atom. The van der Waals surface area contributed by atoms with E-state index in [4.69, 9.17) is 4.84 Å². The molecule has 1 aromatic carbocycles. The predicted molar refractivity (Wildman–Crippen MR) is 68.7 cm³/mol. The summed E-state index contributed by atoms with van der Waals surface area (Å²) in [7, 11) is 2.17. The molecule has 0 atom stereocenters. The topological polar surface area (TPSA) is 15.7 Å². The highest BCUT2D eigenvalue weighted by molar-refractivity contribution is 5.51. The van der Waals surface area contributed by atoms with Crippen molar-refractivity contribution in [1.82, 2.24) is 4.90 Å². The van der Waals surface area contributed by atoms with Crippen LogP contribution in [-0.2, 0) is 17.8 Å². The van der Waals surface area contributed by atoms with Crippen molar-refractivity contribution < 1.29 is 4.84 Å². The van der Waals surface area contributed by atoms with Crippen molar-refractivity contribution in [3.63, 3.8) is 0 Å². The lowest BCUT2D eigenvalue weighted by atomic mass is 9.99. The maximum Gasteiger partial charge on any atom is 0.127 e. The quantitative estimate of drug-likeness (QED) is 0.736. The fourth-order valence-corrected chi connectivity index (χ4v) is 2.46. The number of benzene rings is 1. The lowest BCUT2D eigenvalue weighted by molar-refractivity contribution is 0.214. The van der Waals surface area contributed by atoms with Gasteiger partial charge in [-0.1, -0.05) is 6.07 Å². The number of rotatable bonds is 1. The smallest absolute Gasteiger partial charge is 0.127 e. The van der Waals surface area contributed by atoms with Crippen LogP contribution < -0.4 is 5.06 Å². The molecule has 2 aliphatic rings. The Morgan fingerprint density at radius 3 is 2.88 bits per heavy atom. The van der Waals surface area contributed by atoms with E-state index < -0.39 is 0 Å². The summed E-state index contributed by atoms with van der Waals surface area (Å²) in [6, 6.07) is 6.67. The summed E-state index contributed by atoms with van der Waals surface area (Å²) < 4.78 is 0. The molecule has 2 aliphatic heterocycles. The van der Waals surface area contributed by atoms with Gasteiger partial charge in [-0.3, -0.25) is 0 Å². The highest BCUT2D eigenvalue weighted by Crippen LogP contribution is 2.26. The van der Waals surface area contributed by atoms with Crippen molar-refractivity contribution in [2.75, 3.05) is 25.2 Å². The first-order valence-electron chi connectivity index (χ1n) is 6.15. The monoisotopic (exact) mass is 230 g/mol. The van der Waals surface area contributed by atoms with Crippen LogP contribution in [0.5, 0.6) is 0 Å². The Hall–Kier alpha value is -1.48. The SMILES string of the molecule is CC1=CCN(c2ccc3c(c2)CN(C)CC3)O1. The van der Waals surface area contributed by atoms with Crippen LogP contribution in [0.4, 0.5) is 5.69 Å². The van der Waals surface area contributed by atoms with E-state index in [1.807, 2.05) is 12.0 Å². The minimum atomic E-state index is 0.848. The molecule has 3 rings (SSSR count). The molecule has 0 unspecified atom stereocenters. The van der Waals surface area contributed by atoms with Gasteiger partial charge in [-0.2, -0.15) is 0 Å². The first-order chi connectivity index (χ1) is 8.22. The molecule has 0 N–H and O–H groups in total. The van der Waals surface area contributed by atoms with Crippen molar-refractivity contribution >= 4 is 5.69 Å². The summed E-state index contributed by atoms with van der Waals surface area (Å²) in [4.78, 5) is 8.01. The molecule has 3 heteroatoms. The van der Waals surface area contributed by atoms with Gasteiger partial charge in [-0.25, -0.2) is 5.06 Å². The summed E-state index contributed by atoms with van der Waals surface area (Å²) in [6.07, 6.45) is 3.26. The number of nitrogens with zero attached hydrogens (tertiary/aromatic N) is 2. The molecule has 0 amide bonds. The van der Waals surface area contributed by atoms with E-state index in [2.05, 4.69) is 36.2 Å². The average Bonchev–Trinajstić information content (AvgIpc) is 2.75. The van der Waals surface area contributed by atoms with Crippen molar-refractivity contribution in [1.29, 1.82) is 0 Å². The molecular weight excluding hydrogens is 212 g/mol. The van der Waals surface area contributed by atoms with E-state index in [-0.39, 0.29) is 0 Å². The van der Waals surface area contributed by atoms with Crippen LogP contribution in [0, 0.1) is 0 Å². The molecule has 0 saturated carbocycles. The molecule has 0 aromatic heterocycles. The van der Waals surface area contributed by atoms with Gasteiger partial charge in [0.2, 0.25) is 0 Å². The van der Waals surface area contributed by atoms with Gasteiger partial charge in [-0.05, 0) is 49.7 Å². The van der Waals surface area contributed by atoms with Crippen LogP contribution in [0.25, 0.3) is 0 Å². The van der Waals surface area contributed by atoms with Crippen molar-refractivity contribution in [2.45, 2.75) is 19.9 Å². The molecular formula is C14H18N2O. The van der Waals surface area contributed by atoms with Crippen LogP contribution in [0.1, 0.15) is 18.1 Å². The summed E-state index contributed by atoms with van der Waals surface area (Å²) in [6.45, 7) is 5.04. The molecule has 0 radical (unpaired) electrons. The van der Waals surface area contributed by atoms with Gasteiger partial charge in [0.15, 0.2) is 0 Å². The van der Waals surface area contributed by atoms with E-state index >= 15 is 0 Å². The number of hydroxylamine groups is 1. The minimum absolute atomic E-state index is 0.848. The van der Waals surface area contributed by atoms with Crippen LogP contribution in [-0.4, -0.2) is 25.0 Å². The van der Waals surface area contributed by atoms with E-state index in [1.54, 1.807) is 0 Å². The molecule has 0 fully saturated rings. The van der Waals surface area contributed by atoms with Gasteiger partial charge in [0.05, 0.1) is 12.2 Å². The van der Waals surface area contributed by atoms with Gasteiger partial charge in [0, 0.05) is 13.1 Å². The fourth-order valence-electron chi connectivity index (χ4n) is 2.46. The Balaban J connectivity index is 1.85. The zero-order chi connectivity index (χ0) is 11.8. The van der Waals surface area contributed by atoms with E-state index in [1.165, 1.54) is 11.1 Å². The molecule has 2 heterocycles. The molecule has 17 heavy (non-hydrogen) atoms. The van der Waals surface area contributed by atoms with E-state index in [0.29, 0.717) is 0 Å². The van der Waals surface area contributed by atoms with Gasteiger partial charge in [-0.15, -0.1) is 0 Å². The van der Waals surface area contributed by atoms with Crippen LogP contribution in [0.2, 0.25) is 0 Å². The number of likely N-dealkylation sites (N-methyl/N-ethyl adjacent to an activating group) is 1. The third-order valence-electron chi connectivity index (χ3n) is 3.48. The molecule has 3 nitrogen and oxygen atoms in total. The third kappa shape index (κ3) is 2.03. The maximum absolute atomic E-state index is 5.65. The third-order valence-corrected chi connectivity index (χ3v) is 3.48. The Kier molecular flexibility index (Phi) is 2.56. The molecule has 1 aromatic rings. The van der Waals surface area contributed by atoms with Crippen LogP contribution in [0.3, 0.4) is 0 Å². The van der Waals surface area contributed by atoms with E-state index in [9.17, 15) is 0 Å². The summed E-state index contributed by atoms with van der Waals surface area (Å²) in [5.74, 6) is 0.986. The second-order valence-corrected chi connectivity index (χ2v) is 4.91. The first-order valence-corrected chi connectivity index (χ1v) is 6.15. The highest BCUT2D eigenvalue weighted by Gasteiger charge is 2.17. The Labute approximate surface area is 102 Å². The zero-order valence-electron chi connectivity index (χ0n) is 10.4. The number of anilines is 1. The molecule has 90 valence electrons. The normalized spacial score (nSPS) is 19.9. The number of allylic oxidation sites excluding steroid dienone is 1. The molecule has 0 bridgehead atoms. The lowest BCUT2D eigenvalue weighted by Crippen LogP contribution is -2.27. The summed E-state index contributed by atoms with van der Waals surface area (Å²) in [5, 5.41) is 1.95. The Bertz CT molecular complexity index is 467. The molecule has 0 aliphatic carbocycles. The lowest BCUT2D eigenvalue weighted by Gasteiger charge is -2.26. The van der Waals surface area contributed by atoms with Gasteiger partial charge in [0.25, 0.3) is 0 Å². The minimum Gasteiger partial charge on any atom is -0.384 e. The second-order valence-electron chi connectivity index (χ2n) is 4.91.